The van der Waals surface area contributed by atoms with Crippen LogP contribution in [0.4, 0.5) is 0 Å². The van der Waals surface area contributed by atoms with E-state index in [1.807, 2.05) is 74.6 Å². The van der Waals surface area contributed by atoms with Crippen LogP contribution < -0.4 is 5.32 Å². The minimum absolute atomic E-state index is 0.0858. The van der Waals surface area contributed by atoms with E-state index < -0.39 is 0 Å². The number of hydrogen-bond donors (Lipinski definition) is 1. The Morgan fingerprint density at radius 2 is 1.79 bits per heavy atom. The molecule has 1 heterocycles. The van der Waals surface area contributed by atoms with Crippen LogP contribution in [0.5, 0.6) is 0 Å². The number of nitrogens with one attached hydrogen (secondary N) is 1. The van der Waals surface area contributed by atoms with Crippen LogP contribution in [0.1, 0.15) is 29.3 Å². The fourth-order valence-electron chi connectivity index (χ4n) is 2.62. The van der Waals surface area contributed by atoms with E-state index in [9.17, 15) is 4.79 Å². The van der Waals surface area contributed by atoms with E-state index >= 15 is 0 Å². The minimum atomic E-state index is -0.0858. The molecule has 1 N–H and O–H groups in total. The summed E-state index contributed by atoms with van der Waals surface area (Å²) in [5.41, 5.74) is 4.32. The van der Waals surface area contributed by atoms with Gasteiger partial charge in [0.2, 0.25) is 0 Å². The highest BCUT2D eigenvalue weighted by atomic mass is 16.1. The van der Waals surface area contributed by atoms with Crippen molar-refractivity contribution in [3.05, 3.63) is 71.9 Å². The van der Waals surface area contributed by atoms with Crippen molar-refractivity contribution in [3.63, 3.8) is 0 Å². The SMILES string of the molecule is CCCNC(=O)c1cn(-c2ccccc2)nc1-c1ccccc1C. The fraction of sp³-hybridized carbons (Fsp3) is 0.200. The molecule has 0 saturated heterocycles. The Kier molecular flexibility index (Phi) is 4.75. The number of aromatic nitrogens is 2. The Morgan fingerprint density at radius 1 is 1.08 bits per heavy atom. The number of rotatable bonds is 5. The molecule has 0 saturated carbocycles. The summed E-state index contributed by atoms with van der Waals surface area (Å²) in [6.45, 7) is 4.73. The van der Waals surface area contributed by atoms with Crippen LogP contribution >= 0.6 is 0 Å². The molecule has 0 spiro atoms. The summed E-state index contributed by atoms with van der Waals surface area (Å²) < 4.78 is 1.77. The second-order valence-corrected chi connectivity index (χ2v) is 5.74. The first-order chi connectivity index (χ1) is 11.7. The van der Waals surface area contributed by atoms with Gasteiger partial charge in [-0.25, -0.2) is 4.68 Å². The van der Waals surface area contributed by atoms with Crippen LogP contribution in [-0.2, 0) is 0 Å². The van der Waals surface area contributed by atoms with Crippen molar-refractivity contribution in [1.29, 1.82) is 0 Å². The number of nitrogens with zero attached hydrogens (tertiary/aromatic N) is 2. The standard InChI is InChI=1S/C20H21N3O/c1-3-13-21-20(24)18-14-23(16-10-5-4-6-11-16)22-19(18)17-12-8-7-9-15(17)2/h4-12,14H,3,13H2,1-2H3,(H,21,24). The number of carbonyl (C=O) groups is 1. The lowest BCUT2D eigenvalue weighted by Crippen LogP contribution is -2.24. The third-order valence-corrected chi connectivity index (χ3v) is 3.92. The molecule has 0 fully saturated rings. The number of para-hydroxylation sites is 1. The molecule has 2 aromatic carbocycles. The largest absolute Gasteiger partial charge is 0.352 e. The summed E-state index contributed by atoms with van der Waals surface area (Å²) in [6, 6.07) is 17.8. The number of hydrogen-bond acceptors (Lipinski definition) is 2. The average molecular weight is 319 g/mol. The summed E-state index contributed by atoms with van der Waals surface area (Å²) in [5.74, 6) is -0.0858. The molecule has 0 unspecified atom stereocenters. The van der Waals surface area contributed by atoms with Gasteiger partial charge in [-0.1, -0.05) is 49.4 Å². The van der Waals surface area contributed by atoms with Gasteiger partial charge in [0.15, 0.2) is 0 Å². The van der Waals surface area contributed by atoms with E-state index in [1.54, 1.807) is 4.68 Å². The fourth-order valence-corrected chi connectivity index (χ4v) is 2.62. The molecule has 1 aromatic heterocycles. The van der Waals surface area contributed by atoms with Gasteiger partial charge in [-0.2, -0.15) is 5.10 Å². The Hall–Kier alpha value is -2.88. The van der Waals surface area contributed by atoms with Gasteiger partial charge in [0.05, 0.1) is 11.3 Å². The van der Waals surface area contributed by atoms with E-state index in [1.165, 1.54) is 0 Å². The number of amides is 1. The lowest BCUT2D eigenvalue weighted by molar-refractivity contribution is 0.0954. The van der Waals surface area contributed by atoms with E-state index in [0.29, 0.717) is 17.8 Å². The van der Waals surface area contributed by atoms with E-state index in [0.717, 1.165) is 23.2 Å². The van der Waals surface area contributed by atoms with Gasteiger partial charge in [-0.15, -0.1) is 0 Å². The van der Waals surface area contributed by atoms with Crippen molar-refractivity contribution in [3.8, 4) is 16.9 Å². The topological polar surface area (TPSA) is 46.9 Å². The Balaban J connectivity index is 2.10. The first-order valence-electron chi connectivity index (χ1n) is 8.20. The summed E-state index contributed by atoms with van der Waals surface area (Å²) in [6.07, 6.45) is 2.71. The van der Waals surface area contributed by atoms with E-state index in [-0.39, 0.29) is 5.91 Å². The van der Waals surface area contributed by atoms with Gasteiger partial charge in [0, 0.05) is 18.3 Å². The average Bonchev–Trinajstić information content (AvgIpc) is 3.06. The van der Waals surface area contributed by atoms with Crippen molar-refractivity contribution in [2.45, 2.75) is 20.3 Å². The number of carbonyl (C=O) groups excluding carboxylic acids is 1. The highest BCUT2D eigenvalue weighted by Gasteiger charge is 2.19. The minimum Gasteiger partial charge on any atom is -0.352 e. The molecular formula is C20H21N3O. The smallest absolute Gasteiger partial charge is 0.255 e. The predicted octanol–water partition coefficient (Wildman–Crippen LogP) is 3.99. The van der Waals surface area contributed by atoms with Crippen molar-refractivity contribution in [2.75, 3.05) is 6.54 Å². The maximum atomic E-state index is 12.6. The number of benzene rings is 2. The second-order valence-electron chi connectivity index (χ2n) is 5.74. The van der Waals surface area contributed by atoms with Crippen molar-refractivity contribution >= 4 is 5.91 Å². The first-order valence-corrected chi connectivity index (χ1v) is 8.20. The lowest BCUT2D eigenvalue weighted by atomic mass is 10.0. The van der Waals surface area contributed by atoms with Crippen LogP contribution in [0.3, 0.4) is 0 Å². The Labute approximate surface area is 142 Å². The zero-order chi connectivity index (χ0) is 16.9. The van der Waals surface area contributed by atoms with Gasteiger partial charge in [0.25, 0.3) is 5.91 Å². The zero-order valence-electron chi connectivity index (χ0n) is 14.0. The van der Waals surface area contributed by atoms with Gasteiger partial charge in [-0.05, 0) is 31.0 Å². The molecule has 0 radical (unpaired) electrons. The van der Waals surface area contributed by atoms with Crippen molar-refractivity contribution < 1.29 is 4.79 Å². The zero-order valence-corrected chi connectivity index (χ0v) is 14.0. The molecule has 3 aromatic rings. The predicted molar refractivity (Wildman–Crippen MR) is 96.4 cm³/mol. The summed E-state index contributed by atoms with van der Waals surface area (Å²) in [7, 11) is 0. The second kappa shape index (κ2) is 7.13. The van der Waals surface area contributed by atoms with Gasteiger partial charge in [-0.3, -0.25) is 4.79 Å². The van der Waals surface area contributed by atoms with Gasteiger partial charge < -0.3 is 5.32 Å². The maximum Gasteiger partial charge on any atom is 0.255 e. The molecule has 4 nitrogen and oxygen atoms in total. The quantitative estimate of drug-likeness (QED) is 0.773. The highest BCUT2D eigenvalue weighted by molar-refractivity contribution is 6.00. The molecule has 0 atom stereocenters. The summed E-state index contributed by atoms with van der Waals surface area (Å²) in [5, 5.41) is 7.65. The maximum absolute atomic E-state index is 12.6. The molecule has 24 heavy (non-hydrogen) atoms. The molecule has 0 aliphatic heterocycles. The van der Waals surface area contributed by atoms with Crippen LogP contribution in [0.2, 0.25) is 0 Å². The Morgan fingerprint density at radius 3 is 2.50 bits per heavy atom. The van der Waals surface area contributed by atoms with Crippen LogP contribution in [0.15, 0.2) is 60.8 Å². The van der Waals surface area contributed by atoms with Crippen LogP contribution in [0.25, 0.3) is 16.9 Å². The third kappa shape index (κ3) is 3.23. The molecule has 0 aliphatic carbocycles. The van der Waals surface area contributed by atoms with Crippen LogP contribution in [0, 0.1) is 6.92 Å². The molecule has 122 valence electrons. The van der Waals surface area contributed by atoms with E-state index in [2.05, 4.69) is 5.32 Å². The Bertz CT molecular complexity index is 837. The molecule has 4 heteroatoms. The monoisotopic (exact) mass is 319 g/mol. The molecular weight excluding hydrogens is 298 g/mol. The molecule has 3 rings (SSSR count). The first kappa shape index (κ1) is 16.0. The summed E-state index contributed by atoms with van der Waals surface area (Å²) >= 11 is 0. The van der Waals surface area contributed by atoms with Crippen molar-refractivity contribution in [1.82, 2.24) is 15.1 Å². The van der Waals surface area contributed by atoms with E-state index in [4.69, 9.17) is 5.10 Å². The van der Waals surface area contributed by atoms with Gasteiger partial charge in [0.1, 0.15) is 5.69 Å². The molecule has 0 aliphatic rings. The highest BCUT2D eigenvalue weighted by Crippen LogP contribution is 2.26. The summed E-state index contributed by atoms with van der Waals surface area (Å²) in [4.78, 5) is 12.6. The third-order valence-electron chi connectivity index (χ3n) is 3.92. The van der Waals surface area contributed by atoms with Gasteiger partial charge >= 0.3 is 0 Å². The van der Waals surface area contributed by atoms with Crippen molar-refractivity contribution in [2.24, 2.45) is 0 Å². The number of aryl methyl sites for hydroxylation is 1. The molecule has 1 amide bonds. The normalized spacial score (nSPS) is 10.6. The molecule has 0 bridgehead atoms. The lowest BCUT2D eigenvalue weighted by Gasteiger charge is -2.06. The van der Waals surface area contributed by atoms with Crippen LogP contribution in [-0.4, -0.2) is 22.2 Å².